The van der Waals surface area contributed by atoms with Gasteiger partial charge in [-0.25, -0.2) is 0 Å². The van der Waals surface area contributed by atoms with Crippen LogP contribution in [0.15, 0.2) is 48.5 Å². The van der Waals surface area contributed by atoms with E-state index in [1.54, 1.807) is 12.0 Å². The maximum Gasteiger partial charge on any atom is 0.242 e. The minimum atomic E-state index is -0.498. The van der Waals surface area contributed by atoms with Crippen molar-refractivity contribution in [1.82, 2.24) is 10.2 Å². The number of likely N-dealkylation sites (N-methyl/N-ethyl adjacent to an activating group) is 1. The van der Waals surface area contributed by atoms with Crippen molar-refractivity contribution in [2.24, 2.45) is 0 Å². The van der Waals surface area contributed by atoms with Crippen LogP contribution in [-0.4, -0.2) is 36.4 Å². The molecular formula is C26H36N2O3. The van der Waals surface area contributed by atoms with Gasteiger partial charge in [-0.2, -0.15) is 0 Å². The van der Waals surface area contributed by atoms with Gasteiger partial charge in [0, 0.05) is 19.5 Å². The highest BCUT2D eigenvalue weighted by Gasteiger charge is 2.28. The summed E-state index contributed by atoms with van der Waals surface area (Å²) in [7, 11) is 1.62. The molecule has 0 heterocycles. The first-order valence-corrected chi connectivity index (χ1v) is 11.2. The second kappa shape index (κ2) is 12.1. The number of ether oxygens (including phenoxy) is 1. The number of aryl methyl sites for hydroxylation is 1. The lowest BCUT2D eigenvalue weighted by Crippen LogP contribution is -2.49. The Labute approximate surface area is 186 Å². The average Bonchev–Trinajstić information content (AvgIpc) is 2.77. The average molecular weight is 425 g/mol. The summed E-state index contributed by atoms with van der Waals surface area (Å²) in [6, 6.07) is 15.6. The lowest BCUT2D eigenvalue weighted by molar-refractivity contribution is -0.141. The van der Waals surface area contributed by atoms with E-state index in [0.717, 1.165) is 16.9 Å². The first-order chi connectivity index (χ1) is 14.9. The van der Waals surface area contributed by atoms with Gasteiger partial charge in [0.05, 0.1) is 7.11 Å². The number of nitrogens with zero attached hydrogens (tertiary/aromatic N) is 1. The number of rotatable bonds is 11. The number of nitrogens with one attached hydrogen (secondary N) is 1. The third-order valence-electron chi connectivity index (χ3n) is 5.50. The number of carbonyl (C=O) groups excluding carboxylic acids is 2. The topological polar surface area (TPSA) is 58.6 Å². The lowest BCUT2D eigenvalue weighted by Gasteiger charge is -2.30. The van der Waals surface area contributed by atoms with Crippen LogP contribution in [0.4, 0.5) is 0 Å². The van der Waals surface area contributed by atoms with Gasteiger partial charge < -0.3 is 15.0 Å². The van der Waals surface area contributed by atoms with Crippen molar-refractivity contribution in [2.45, 2.75) is 65.5 Å². The second-order valence-corrected chi connectivity index (χ2v) is 8.09. The van der Waals surface area contributed by atoms with Crippen LogP contribution < -0.4 is 10.1 Å². The zero-order valence-corrected chi connectivity index (χ0v) is 19.5. The van der Waals surface area contributed by atoms with Gasteiger partial charge in [0.25, 0.3) is 0 Å². The summed E-state index contributed by atoms with van der Waals surface area (Å²) in [5.41, 5.74) is 3.36. The van der Waals surface area contributed by atoms with Crippen molar-refractivity contribution < 1.29 is 14.3 Å². The van der Waals surface area contributed by atoms with E-state index in [-0.39, 0.29) is 11.8 Å². The predicted molar refractivity (Wildman–Crippen MR) is 125 cm³/mol. The molecule has 0 saturated carbocycles. The molecule has 0 aliphatic heterocycles. The van der Waals surface area contributed by atoms with Gasteiger partial charge in [0.1, 0.15) is 11.8 Å². The van der Waals surface area contributed by atoms with E-state index in [2.05, 4.69) is 43.4 Å². The molecule has 0 fully saturated rings. The summed E-state index contributed by atoms with van der Waals surface area (Å²) in [6.45, 7) is 9.08. The van der Waals surface area contributed by atoms with Crippen molar-refractivity contribution in [3.05, 3.63) is 65.2 Å². The van der Waals surface area contributed by atoms with Crippen molar-refractivity contribution in [3.8, 4) is 5.75 Å². The molecule has 0 radical (unpaired) electrons. The minimum Gasteiger partial charge on any atom is -0.497 e. The van der Waals surface area contributed by atoms with Gasteiger partial charge in [0.15, 0.2) is 0 Å². The molecule has 0 spiro atoms. The Kier molecular flexibility index (Phi) is 9.57. The number of hydrogen-bond acceptors (Lipinski definition) is 3. The number of methoxy groups -OCH3 is 1. The normalized spacial score (nSPS) is 11.8. The zero-order chi connectivity index (χ0) is 22.8. The van der Waals surface area contributed by atoms with E-state index < -0.39 is 6.04 Å². The van der Waals surface area contributed by atoms with Crippen LogP contribution in [0.3, 0.4) is 0 Å². The monoisotopic (exact) mass is 424 g/mol. The Morgan fingerprint density at radius 3 is 2.32 bits per heavy atom. The van der Waals surface area contributed by atoms with Crippen LogP contribution in [0.5, 0.6) is 5.75 Å². The largest absolute Gasteiger partial charge is 0.497 e. The van der Waals surface area contributed by atoms with Gasteiger partial charge >= 0.3 is 0 Å². The highest BCUT2D eigenvalue weighted by atomic mass is 16.5. The number of carbonyl (C=O) groups is 2. The molecule has 0 aromatic heterocycles. The molecule has 0 bridgehead atoms. The molecule has 2 aromatic rings. The molecule has 2 amide bonds. The van der Waals surface area contributed by atoms with Gasteiger partial charge in [-0.15, -0.1) is 0 Å². The fraction of sp³-hybridized carbons (Fsp3) is 0.462. The Morgan fingerprint density at radius 2 is 1.74 bits per heavy atom. The Balaban J connectivity index is 2.18. The van der Waals surface area contributed by atoms with E-state index in [9.17, 15) is 9.59 Å². The van der Waals surface area contributed by atoms with Crippen molar-refractivity contribution in [2.75, 3.05) is 13.7 Å². The van der Waals surface area contributed by atoms with Crippen LogP contribution in [0.1, 0.15) is 63.1 Å². The second-order valence-electron chi connectivity index (χ2n) is 8.09. The van der Waals surface area contributed by atoms with Crippen LogP contribution >= 0.6 is 0 Å². The van der Waals surface area contributed by atoms with Gasteiger partial charge in [0.2, 0.25) is 11.8 Å². The molecule has 168 valence electrons. The smallest absolute Gasteiger partial charge is 0.242 e. The molecule has 5 heteroatoms. The molecule has 0 aliphatic rings. The summed E-state index contributed by atoms with van der Waals surface area (Å²) >= 11 is 0. The van der Waals surface area contributed by atoms with Gasteiger partial charge in [-0.3, -0.25) is 9.59 Å². The van der Waals surface area contributed by atoms with Crippen LogP contribution in [-0.2, 0) is 22.6 Å². The third kappa shape index (κ3) is 7.12. The highest BCUT2D eigenvalue weighted by molar-refractivity contribution is 5.87. The first-order valence-electron chi connectivity index (χ1n) is 11.2. The van der Waals surface area contributed by atoms with E-state index in [1.807, 2.05) is 38.1 Å². The Bertz CT molecular complexity index is 846. The fourth-order valence-corrected chi connectivity index (χ4v) is 3.64. The molecular weight excluding hydrogens is 388 g/mol. The first kappa shape index (κ1) is 24.4. The van der Waals surface area contributed by atoms with Crippen molar-refractivity contribution in [3.63, 3.8) is 0 Å². The maximum absolute atomic E-state index is 13.3. The molecule has 1 atom stereocenters. The summed E-state index contributed by atoms with van der Waals surface area (Å²) in [5, 5.41) is 2.87. The van der Waals surface area contributed by atoms with Crippen LogP contribution in [0.2, 0.25) is 0 Å². The Morgan fingerprint density at radius 1 is 1.03 bits per heavy atom. The van der Waals surface area contributed by atoms with Crippen molar-refractivity contribution in [1.29, 1.82) is 0 Å². The predicted octanol–water partition coefficient (Wildman–Crippen LogP) is 4.69. The third-order valence-corrected chi connectivity index (χ3v) is 5.50. The molecule has 2 aromatic carbocycles. The summed E-state index contributed by atoms with van der Waals surface area (Å²) in [6.07, 6.45) is 1.57. The van der Waals surface area contributed by atoms with Crippen LogP contribution in [0.25, 0.3) is 0 Å². The highest BCUT2D eigenvalue weighted by Crippen LogP contribution is 2.19. The minimum absolute atomic E-state index is 0.0196. The maximum atomic E-state index is 13.3. The molecule has 5 nitrogen and oxygen atoms in total. The summed E-state index contributed by atoms with van der Waals surface area (Å²) in [5.74, 6) is 1.09. The lowest BCUT2D eigenvalue weighted by atomic mass is 10.00. The molecule has 2 rings (SSSR count). The molecule has 31 heavy (non-hydrogen) atoms. The SMILES string of the molecule is CCNC(=O)[C@H](CC)N(Cc1cccc(OC)c1)C(=O)CCc1ccc(C(C)C)cc1. The molecule has 0 unspecified atom stereocenters. The van der Waals surface area contributed by atoms with E-state index in [4.69, 9.17) is 4.74 Å². The number of hydrogen-bond donors (Lipinski definition) is 1. The van der Waals surface area contributed by atoms with E-state index >= 15 is 0 Å². The summed E-state index contributed by atoms with van der Waals surface area (Å²) < 4.78 is 5.32. The molecule has 1 N–H and O–H groups in total. The molecule has 0 aliphatic carbocycles. The van der Waals surface area contributed by atoms with Gasteiger partial charge in [-0.1, -0.05) is 57.2 Å². The standard InChI is InChI=1S/C26H36N2O3/c1-6-24(26(30)27-7-2)28(18-21-9-8-10-23(17-21)31-5)25(29)16-13-20-11-14-22(15-12-20)19(3)4/h8-12,14-15,17,19,24H,6-7,13,16,18H2,1-5H3,(H,27,30)/t24-/m0/s1. The Hall–Kier alpha value is -2.82. The van der Waals surface area contributed by atoms with E-state index in [0.29, 0.717) is 38.3 Å². The number of benzene rings is 2. The zero-order valence-electron chi connectivity index (χ0n) is 19.5. The molecule has 0 saturated heterocycles. The van der Waals surface area contributed by atoms with Gasteiger partial charge in [-0.05, 0) is 54.5 Å². The fourth-order valence-electron chi connectivity index (χ4n) is 3.64. The van der Waals surface area contributed by atoms with Crippen LogP contribution in [0, 0.1) is 0 Å². The van der Waals surface area contributed by atoms with Crippen molar-refractivity contribution >= 4 is 11.8 Å². The number of amides is 2. The summed E-state index contributed by atoms with van der Waals surface area (Å²) in [4.78, 5) is 27.7. The van der Waals surface area contributed by atoms with E-state index in [1.165, 1.54) is 5.56 Å². The quantitative estimate of drug-likeness (QED) is 0.569.